The first-order chi connectivity index (χ1) is 10.9. The number of amides is 1. The molecule has 23 heavy (non-hydrogen) atoms. The first-order valence-electron chi connectivity index (χ1n) is 7.27. The molecule has 1 fully saturated rings. The Morgan fingerprint density at radius 3 is 2.26 bits per heavy atom. The molecule has 0 bridgehead atoms. The molecule has 0 saturated carbocycles. The molecule has 1 aliphatic rings. The topological polar surface area (TPSA) is 85.3 Å². The van der Waals surface area contributed by atoms with Gasteiger partial charge in [0.2, 0.25) is 0 Å². The second kappa shape index (κ2) is 6.87. The number of rotatable bonds is 4. The monoisotopic (exact) mass is 323 g/mol. The molecule has 1 amide bonds. The van der Waals surface area contributed by atoms with Crippen molar-refractivity contribution in [3.63, 3.8) is 0 Å². The largest absolute Gasteiger partial charge is 0.496 e. The highest BCUT2D eigenvalue weighted by Gasteiger charge is 2.33. The third-order valence-corrected chi connectivity index (χ3v) is 3.82. The van der Waals surface area contributed by atoms with E-state index >= 15 is 0 Å². The van der Waals surface area contributed by atoms with Gasteiger partial charge >= 0.3 is 5.97 Å². The maximum Gasteiger partial charge on any atom is 0.334 e. The predicted molar refractivity (Wildman–Crippen MR) is 82.2 cm³/mol. The lowest BCUT2D eigenvalue weighted by Crippen LogP contribution is -2.51. The zero-order valence-electron chi connectivity index (χ0n) is 13.7. The first kappa shape index (κ1) is 17.1. The van der Waals surface area contributed by atoms with Crippen LogP contribution in [-0.2, 0) is 9.53 Å². The van der Waals surface area contributed by atoms with Gasteiger partial charge in [-0.3, -0.25) is 4.79 Å². The molecule has 1 N–H and O–H groups in total. The summed E-state index contributed by atoms with van der Waals surface area (Å²) in [6.45, 7) is 3.92. The Kier molecular flexibility index (Phi) is 5.10. The number of carboxylic acids is 1. The van der Waals surface area contributed by atoms with E-state index < -0.39 is 12.1 Å². The second-order valence-electron chi connectivity index (χ2n) is 5.49. The van der Waals surface area contributed by atoms with E-state index in [4.69, 9.17) is 19.3 Å². The highest BCUT2D eigenvalue weighted by molar-refractivity contribution is 5.95. The van der Waals surface area contributed by atoms with Gasteiger partial charge in [-0.2, -0.15) is 0 Å². The predicted octanol–water partition coefficient (Wildman–Crippen LogP) is 1.33. The van der Waals surface area contributed by atoms with Gasteiger partial charge in [0.1, 0.15) is 11.5 Å². The molecule has 0 radical (unpaired) electrons. The highest BCUT2D eigenvalue weighted by Crippen LogP contribution is 2.30. The van der Waals surface area contributed by atoms with E-state index in [1.807, 2.05) is 6.92 Å². The number of nitrogens with zero attached hydrogens (tertiary/aromatic N) is 1. The average molecular weight is 323 g/mol. The lowest BCUT2D eigenvalue weighted by Gasteiger charge is -2.35. The Morgan fingerprint density at radius 2 is 1.78 bits per heavy atom. The summed E-state index contributed by atoms with van der Waals surface area (Å²) < 4.78 is 15.9. The molecule has 1 aromatic rings. The third kappa shape index (κ3) is 3.56. The van der Waals surface area contributed by atoms with Gasteiger partial charge in [-0.15, -0.1) is 0 Å². The number of hydrogen-bond donors (Lipinski definition) is 1. The molecule has 1 aromatic carbocycles. The fraction of sp³-hybridized carbons (Fsp3) is 0.500. The summed E-state index contributed by atoms with van der Waals surface area (Å²) >= 11 is 0. The molecule has 1 heterocycles. The van der Waals surface area contributed by atoms with Crippen LogP contribution >= 0.6 is 0 Å². The average Bonchev–Trinajstić information content (AvgIpc) is 2.53. The van der Waals surface area contributed by atoms with E-state index in [2.05, 4.69) is 0 Å². The van der Waals surface area contributed by atoms with E-state index in [-0.39, 0.29) is 18.6 Å². The van der Waals surface area contributed by atoms with Crippen LogP contribution in [0.3, 0.4) is 0 Å². The van der Waals surface area contributed by atoms with Gasteiger partial charge in [-0.25, -0.2) is 4.79 Å². The number of carbonyl (C=O) groups excluding carboxylic acids is 1. The van der Waals surface area contributed by atoms with Crippen molar-refractivity contribution in [1.82, 2.24) is 4.90 Å². The zero-order chi connectivity index (χ0) is 17.1. The number of carboxylic acid groups (broad SMARTS) is 1. The molecular formula is C16H21NO6. The molecule has 7 nitrogen and oxygen atoms in total. The van der Waals surface area contributed by atoms with Crippen LogP contribution in [0.2, 0.25) is 0 Å². The summed E-state index contributed by atoms with van der Waals surface area (Å²) in [4.78, 5) is 25.4. The quantitative estimate of drug-likeness (QED) is 0.899. The molecule has 7 heteroatoms. The molecule has 2 atom stereocenters. The van der Waals surface area contributed by atoms with E-state index in [0.717, 1.165) is 5.56 Å². The number of benzene rings is 1. The third-order valence-electron chi connectivity index (χ3n) is 3.82. The molecule has 1 saturated heterocycles. The Morgan fingerprint density at radius 1 is 1.22 bits per heavy atom. The first-order valence-corrected chi connectivity index (χ1v) is 7.27. The molecule has 0 aliphatic carbocycles. The number of morpholine rings is 1. The molecule has 1 unspecified atom stereocenters. The smallest absolute Gasteiger partial charge is 0.334 e. The fourth-order valence-electron chi connectivity index (χ4n) is 2.65. The lowest BCUT2D eigenvalue weighted by molar-refractivity contribution is -0.160. The number of carbonyl (C=O) groups is 2. The van der Waals surface area contributed by atoms with Crippen LogP contribution in [0.25, 0.3) is 0 Å². The molecule has 2 rings (SSSR count). The SMILES string of the molecule is COc1cc(C(=O)N2CC(C(=O)O)O[C@H](C)C2)cc(OC)c1C. The van der Waals surface area contributed by atoms with Gasteiger partial charge in [0.15, 0.2) is 6.10 Å². The summed E-state index contributed by atoms with van der Waals surface area (Å²) in [6.07, 6.45) is -1.36. The second-order valence-corrected chi connectivity index (χ2v) is 5.49. The number of hydrogen-bond acceptors (Lipinski definition) is 5. The van der Waals surface area contributed by atoms with Crippen LogP contribution in [0, 0.1) is 6.92 Å². The van der Waals surface area contributed by atoms with E-state index in [1.54, 1.807) is 19.1 Å². The minimum absolute atomic E-state index is 0.0109. The van der Waals surface area contributed by atoms with Gasteiger partial charge in [-0.05, 0) is 26.0 Å². The van der Waals surface area contributed by atoms with Crippen molar-refractivity contribution in [2.24, 2.45) is 0 Å². The van der Waals surface area contributed by atoms with Crippen molar-refractivity contribution in [3.05, 3.63) is 23.3 Å². The lowest BCUT2D eigenvalue weighted by atomic mass is 10.1. The molecule has 126 valence electrons. The minimum atomic E-state index is -1.08. The summed E-state index contributed by atoms with van der Waals surface area (Å²) in [7, 11) is 3.04. The van der Waals surface area contributed by atoms with Crippen molar-refractivity contribution < 1.29 is 28.9 Å². The van der Waals surface area contributed by atoms with Crippen LogP contribution < -0.4 is 9.47 Å². The molecule has 0 spiro atoms. The van der Waals surface area contributed by atoms with Crippen LogP contribution in [-0.4, -0.2) is 61.4 Å². The summed E-state index contributed by atoms with van der Waals surface area (Å²) in [6, 6.07) is 3.27. The van der Waals surface area contributed by atoms with Crippen molar-refractivity contribution in [2.75, 3.05) is 27.3 Å². The van der Waals surface area contributed by atoms with Crippen LogP contribution in [0.15, 0.2) is 12.1 Å². The van der Waals surface area contributed by atoms with Gasteiger partial charge in [0, 0.05) is 17.7 Å². The Balaban J connectivity index is 2.30. The van der Waals surface area contributed by atoms with Crippen LogP contribution in [0.5, 0.6) is 11.5 Å². The summed E-state index contributed by atoms with van der Waals surface area (Å²) in [5.74, 6) is -0.260. The van der Waals surface area contributed by atoms with E-state index in [0.29, 0.717) is 23.6 Å². The van der Waals surface area contributed by atoms with Crippen molar-refractivity contribution in [1.29, 1.82) is 0 Å². The Hall–Kier alpha value is -2.28. The summed E-state index contributed by atoms with van der Waals surface area (Å²) in [5, 5.41) is 9.12. The molecule has 0 aromatic heterocycles. The van der Waals surface area contributed by atoms with Crippen LogP contribution in [0.4, 0.5) is 0 Å². The van der Waals surface area contributed by atoms with Crippen LogP contribution in [0.1, 0.15) is 22.8 Å². The Labute approximate surface area is 134 Å². The standard InChI is InChI=1S/C16H21NO6/c1-9-7-17(8-14(23-9)16(19)20)15(18)11-5-12(21-3)10(2)13(6-11)22-4/h5-6,9,14H,7-8H2,1-4H3,(H,19,20)/t9-,14?/m1/s1. The maximum atomic E-state index is 12.7. The Bertz CT molecular complexity index is 590. The number of aliphatic carboxylic acids is 1. The van der Waals surface area contributed by atoms with Crippen molar-refractivity contribution >= 4 is 11.9 Å². The van der Waals surface area contributed by atoms with Gasteiger partial charge in [-0.1, -0.05) is 0 Å². The normalized spacial score (nSPS) is 21.0. The minimum Gasteiger partial charge on any atom is -0.496 e. The number of methoxy groups -OCH3 is 2. The van der Waals surface area contributed by atoms with E-state index in [1.165, 1.54) is 19.1 Å². The van der Waals surface area contributed by atoms with Crippen molar-refractivity contribution in [3.8, 4) is 11.5 Å². The highest BCUT2D eigenvalue weighted by atomic mass is 16.5. The maximum absolute atomic E-state index is 12.7. The zero-order valence-corrected chi connectivity index (χ0v) is 13.7. The van der Waals surface area contributed by atoms with E-state index in [9.17, 15) is 9.59 Å². The van der Waals surface area contributed by atoms with Gasteiger partial charge < -0.3 is 24.2 Å². The van der Waals surface area contributed by atoms with Gasteiger partial charge in [0.25, 0.3) is 5.91 Å². The summed E-state index contributed by atoms with van der Waals surface area (Å²) in [5.41, 5.74) is 1.19. The number of ether oxygens (including phenoxy) is 3. The fourth-order valence-corrected chi connectivity index (χ4v) is 2.65. The van der Waals surface area contributed by atoms with Gasteiger partial charge in [0.05, 0.1) is 26.9 Å². The molecule has 1 aliphatic heterocycles. The van der Waals surface area contributed by atoms with Crippen molar-refractivity contribution in [2.45, 2.75) is 26.1 Å². The molecular weight excluding hydrogens is 302 g/mol.